The first-order valence-electron chi connectivity index (χ1n) is 6.37. The normalized spacial score (nSPS) is 23.7. The van der Waals surface area contributed by atoms with Crippen LogP contribution in [0.4, 0.5) is 0 Å². The second-order valence-electron chi connectivity index (χ2n) is 5.07. The van der Waals surface area contributed by atoms with Crippen LogP contribution in [0.3, 0.4) is 0 Å². The summed E-state index contributed by atoms with van der Waals surface area (Å²) >= 11 is 3.43. The second-order valence-corrected chi connectivity index (χ2v) is 5.98. The molecule has 18 heavy (non-hydrogen) atoms. The fourth-order valence-electron chi connectivity index (χ4n) is 2.48. The van der Waals surface area contributed by atoms with Crippen molar-refractivity contribution in [3.63, 3.8) is 0 Å². The molecule has 2 unspecified atom stereocenters. The minimum atomic E-state index is 0.0568. The van der Waals surface area contributed by atoms with Gasteiger partial charge in [0, 0.05) is 4.47 Å². The van der Waals surface area contributed by atoms with Crippen LogP contribution >= 0.6 is 15.9 Å². The Balaban J connectivity index is 2.16. The van der Waals surface area contributed by atoms with Gasteiger partial charge < -0.3 is 10.5 Å². The van der Waals surface area contributed by atoms with Crippen LogP contribution in [0.1, 0.15) is 38.2 Å². The van der Waals surface area contributed by atoms with Gasteiger partial charge in [0.25, 0.3) is 0 Å². The lowest BCUT2D eigenvalue weighted by atomic mass is 9.88. The Kier molecular flexibility index (Phi) is 4.27. The Morgan fingerprint density at radius 3 is 2.89 bits per heavy atom. The molecule has 0 aromatic heterocycles. The number of rotatable bonds is 3. The molecule has 0 spiro atoms. The van der Waals surface area contributed by atoms with E-state index in [9.17, 15) is 0 Å². The molecule has 1 aromatic carbocycles. The summed E-state index contributed by atoms with van der Waals surface area (Å²) in [5.41, 5.74) is 6.26. The van der Waals surface area contributed by atoms with Crippen molar-refractivity contribution in [2.45, 2.75) is 38.7 Å². The highest BCUT2D eigenvalue weighted by molar-refractivity contribution is 9.10. The highest BCUT2D eigenvalue weighted by Crippen LogP contribution is 2.30. The van der Waals surface area contributed by atoms with Gasteiger partial charge in [0.05, 0.1) is 11.7 Å². The number of nitrogens with two attached hydrogens (primary N) is 1. The predicted octanol–water partition coefficient (Wildman–Crippen LogP) is 3.69. The molecule has 1 fully saturated rings. The van der Waals surface area contributed by atoms with E-state index in [1.54, 1.807) is 0 Å². The Hall–Kier alpha value is -1.03. The van der Waals surface area contributed by atoms with E-state index in [4.69, 9.17) is 15.9 Å². The molecular formula is C14H19BrN2O. The van der Waals surface area contributed by atoms with E-state index in [1.807, 2.05) is 18.2 Å². The van der Waals surface area contributed by atoms with Gasteiger partial charge in [-0.25, -0.2) is 0 Å². The van der Waals surface area contributed by atoms with Crippen molar-refractivity contribution in [3.8, 4) is 5.75 Å². The van der Waals surface area contributed by atoms with Crippen LogP contribution in [0.25, 0.3) is 0 Å². The molecule has 0 radical (unpaired) electrons. The lowest BCUT2D eigenvalue weighted by molar-refractivity contribution is 0.129. The number of nitrogens with one attached hydrogen (secondary N) is 1. The minimum absolute atomic E-state index is 0.0568. The molecule has 4 heteroatoms. The molecule has 3 N–H and O–H groups in total. The summed E-state index contributed by atoms with van der Waals surface area (Å²) < 4.78 is 7.00. The standard InChI is InChI=1S/C14H19BrN2O/c1-9-3-2-4-11(7-9)18-13-8-10(15)5-6-12(13)14(16)17/h5-6,8-9,11H,2-4,7H2,1H3,(H3,16,17). The van der Waals surface area contributed by atoms with Crippen molar-refractivity contribution in [2.75, 3.05) is 0 Å². The van der Waals surface area contributed by atoms with E-state index >= 15 is 0 Å². The highest BCUT2D eigenvalue weighted by Gasteiger charge is 2.21. The SMILES string of the molecule is CC1CCCC(Oc2cc(Br)ccc2C(=N)N)C1. The average molecular weight is 311 g/mol. The van der Waals surface area contributed by atoms with E-state index < -0.39 is 0 Å². The zero-order valence-electron chi connectivity index (χ0n) is 10.6. The molecule has 2 atom stereocenters. The third-order valence-corrected chi connectivity index (χ3v) is 3.91. The largest absolute Gasteiger partial charge is 0.490 e. The van der Waals surface area contributed by atoms with E-state index in [-0.39, 0.29) is 11.9 Å². The number of halogens is 1. The molecule has 0 saturated heterocycles. The third-order valence-electron chi connectivity index (χ3n) is 3.42. The number of hydrogen-bond acceptors (Lipinski definition) is 2. The zero-order valence-corrected chi connectivity index (χ0v) is 12.2. The maximum absolute atomic E-state index is 7.59. The Morgan fingerprint density at radius 2 is 2.22 bits per heavy atom. The van der Waals surface area contributed by atoms with Crippen LogP contribution < -0.4 is 10.5 Å². The van der Waals surface area contributed by atoms with Crippen LogP contribution in [0, 0.1) is 11.3 Å². The first-order chi connectivity index (χ1) is 8.56. The minimum Gasteiger partial charge on any atom is -0.490 e. The van der Waals surface area contributed by atoms with E-state index in [0.29, 0.717) is 5.56 Å². The van der Waals surface area contributed by atoms with Crippen LogP contribution in [0.15, 0.2) is 22.7 Å². The van der Waals surface area contributed by atoms with Gasteiger partial charge in [-0.3, -0.25) is 5.41 Å². The van der Waals surface area contributed by atoms with Crippen molar-refractivity contribution < 1.29 is 4.74 Å². The van der Waals surface area contributed by atoms with Gasteiger partial charge >= 0.3 is 0 Å². The number of benzene rings is 1. The summed E-state index contributed by atoms with van der Waals surface area (Å²) in [5, 5.41) is 7.59. The molecule has 98 valence electrons. The second kappa shape index (κ2) is 5.74. The highest BCUT2D eigenvalue weighted by atomic mass is 79.9. The van der Waals surface area contributed by atoms with Crippen LogP contribution in [0.5, 0.6) is 5.75 Å². The molecule has 1 saturated carbocycles. The lowest BCUT2D eigenvalue weighted by Crippen LogP contribution is -2.25. The quantitative estimate of drug-likeness (QED) is 0.660. The smallest absolute Gasteiger partial charge is 0.131 e. The summed E-state index contributed by atoms with van der Waals surface area (Å²) in [6, 6.07) is 5.61. The van der Waals surface area contributed by atoms with Gasteiger partial charge in [-0.2, -0.15) is 0 Å². The predicted molar refractivity (Wildman–Crippen MR) is 77.2 cm³/mol. The molecular weight excluding hydrogens is 292 g/mol. The van der Waals surface area contributed by atoms with Crippen molar-refractivity contribution in [3.05, 3.63) is 28.2 Å². The van der Waals surface area contributed by atoms with Crippen molar-refractivity contribution in [2.24, 2.45) is 11.7 Å². The van der Waals surface area contributed by atoms with Crippen molar-refractivity contribution in [1.82, 2.24) is 0 Å². The molecule has 0 aliphatic heterocycles. The molecule has 1 aliphatic carbocycles. The fourth-order valence-corrected chi connectivity index (χ4v) is 2.82. The topological polar surface area (TPSA) is 59.1 Å². The summed E-state index contributed by atoms with van der Waals surface area (Å²) in [6.07, 6.45) is 4.94. The third kappa shape index (κ3) is 3.25. The Bertz CT molecular complexity index is 447. The van der Waals surface area contributed by atoms with E-state index in [2.05, 4.69) is 22.9 Å². The molecule has 3 nitrogen and oxygen atoms in total. The number of nitrogen functional groups attached to an aromatic ring is 1. The van der Waals surface area contributed by atoms with Crippen LogP contribution in [-0.2, 0) is 0 Å². The van der Waals surface area contributed by atoms with E-state index in [0.717, 1.165) is 29.0 Å². The fraction of sp³-hybridized carbons (Fsp3) is 0.500. The number of amidine groups is 1. The van der Waals surface area contributed by atoms with Gasteiger partial charge in [-0.1, -0.05) is 29.3 Å². The van der Waals surface area contributed by atoms with Crippen molar-refractivity contribution in [1.29, 1.82) is 5.41 Å². The molecule has 1 aliphatic rings. The zero-order chi connectivity index (χ0) is 13.1. The molecule has 2 rings (SSSR count). The van der Waals surface area contributed by atoms with Gasteiger partial charge in [0.2, 0.25) is 0 Å². The van der Waals surface area contributed by atoms with Gasteiger partial charge in [-0.05, 0) is 43.4 Å². The Morgan fingerprint density at radius 1 is 1.44 bits per heavy atom. The van der Waals surface area contributed by atoms with Gasteiger partial charge in [-0.15, -0.1) is 0 Å². The van der Waals surface area contributed by atoms with Crippen molar-refractivity contribution >= 4 is 21.8 Å². The van der Waals surface area contributed by atoms with Gasteiger partial charge in [0.1, 0.15) is 11.6 Å². The number of ether oxygens (including phenoxy) is 1. The summed E-state index contributed by atoms with van der Waals surface area (Å²) in [6.45, 7) is 2.27. The van der Waals surface area contributed by atoms with Crippen LogP contribution in [-0.4, -0.2) is 11.9 Å². The summed E-state index contributed by atoms with van der Waals surface area (Å²) in [7, 11) is 0. The molecule has 1 aromatic rings. The Labute approximate surface area is 116 Å². The summed E-state index contributed by atoms with van der Waals surface area (Å²) in [4.78, 5) is 0. The molecule has 0 bridgehead atoms. The first kappa shape index (κ1) is 13.4. The monoisotopic (exact) mass is 310 g/mol. The molecule has 0 heterocycles. The van der Waals surface area contributed by atoms with Crippen LogP contribution in [0.2, 0.25) is 0 Å². The summed E-state index contributed by atoms with van der Waals surface area (Å²) in [5.74, 6) is 1.49. The van der Waals surface area contributed by atoms with E-state index in [1.165, 1.54) is 12.8 Å². The maximum Gasteiger partial charge on any atom is 0.131 e. The average Bonchev–Trinajstić information content (AvgIpc) is 2.28. The first-order valence-corrected chi connectivity index (χ1v) is 7.16. The lowest BCUT2D eigenvalue weighted by Gasteiger charge is -2.28. The number of hydrogen-bond donors (Lipinski definition) is 2. The maximum atomic E-state index is 7.59. The van der Waals surface area contributed by atoms with Gasteiger partial charge in [0.15, 0.2) is 0 Å². The molecule has 0 amide bonds.